The van der Waals surface area contributed by atoms with Gasteiger partial charge in [-0.15, -0.1) is 0 Å². The van der Waals surface area contributed by atoms with E-state index in [0.29, 0.717) is 5.82 Å². The van der Waals surface area contributed by atoms with Crippen molar-refractivity contribution in [2.75, 3.05) is 0 Å². The molecule has 0 bridgehead atoms. The van der Waals surface area contributed by atoms with Gasteiger partial charge in [0.2, 0.25) is 0 Å². The predicted molar refractivity (Wildman–Crippen MR) is 74.2 cm³/mol. The molecule has 0 spiro atoms. The van der Waals surface area contributed by atoms with Crippen molar-refractivity contribution in [2.24, 2.45) is 0 Å². The minimum absolute atomic E-state index is 0.131. The fourth-order valence-corrected chi connectivity index (χ4v) is 2.08. The fourth-order valence-electron chi connectivity index (χ4n) is 2.08. The highest BCUT2D eigenvalue weighted by molar-refractivity contribution is 5.80. The highest BCUT2D eigenvalue weighted by Crippen LogP contribution is 2.30. The van der Waals surface area contributed by atoms with Gasteiger partial charge in [-0.2, -0.15) is 0 Å². The summed E-state index contributed by atoms with van der Waals surface area (Å²) in [7, 11) is 0. The minimum Gasteiger partial charge on any atom is -0.504 e. The second kappa shape index (κ2) is 4.31. The van der Waals surface area contributed by atoms with E-state index in [1.165, 1.54) is 17.7 Å². The average molecular weight is 254 g/mol. The first-order valence-corrected chi connectivity index (χ1v) is 6.18. The smallest absolute Gasteiger partial charge is 0.158 e. The van der Waals surface area contributed by atoms with Crippen LogP contribution in [0.5, 0.6) is 11.5 Å². The predicted octanol–water partition coefficient (Wildman–Crippen LogP) is 3.20. The average Bonchev–Trinajstić information content (AvgIpc) is 2.84. The number of aromatic nitrogens is 2. The normalized spacial score (nSPS) is 11.0. The number of hydrogen-bond donors (Lipinski definition) is 3. The molecule has 3 N–H and O–H groups in total. The fraction of sp³-hybridized carbons (Fsp3) is 0.133. The van der Waals surface area contributed by atoms with Gasteiger partial charge in [-0.3, -0.25) is 0 Å². The Morgan fingerprint density at radius 1 is 1.05 bits per heavy atom. The van der Waals surface area contributed by atoms with Crippen LogP contribution in [0, 0.1) is 0 Å². The summed E-state index contributed by atoms with van der Waals surface area (Å²) in [6.07, 6.45) is 0.976. The quantitative estimate of drug-likeness (QED) is 0.615. The lowest BCUT2D eigenvalue weighted by Gasteiger charge is -1.99. The van der Waals surface area contributed by atoms with E-state index in [2.05, 4.69) is 29.0 Å². The van der Waals surface area contributed by atoms with Gasteiger partial charge in [-0.1, -0.05) is 13.0 Å². The van der Waals surface area contributed by atoms with Crippen LogP contribution < -0.4 is 0 Å². The van der Waals surface area contributed by atoms with Gasteiger partial charge < -0.3 is 15.2 Å². The van der Waals surface area contributed by atoms with Crippen LogP contribution in [0.25, 0.3) is 22.4 Å². The summed E-state index contributed by atoms with van der Waals surface area (Å²) < 4.78 is 0. The van der Waals surface area contributed by atoms with Gasteiger partial charge in [0.1, 0.15) is 5.82 Å². The molecule has 0 aliphatic carbocycles. The van der Waals surface area contributed by atoms with Crippen molar-refractivity contribution in [1.29, 1.82) is 0 Å². The zero-order valence-corrected chi connectivity index (χ0v) is 10.5. The highest BCUT2D eigenvalue weighted by atomic mass is 16.3. The number of aryl methyl sites for hydroxylation is 1. The molecule has 3 rings (SSSR count). The lowest BCUT2D eigenvalue weighted by Crippen LogP contribution is -1.80. The monoisotopic (exact) mass is 254 g/mol. The molecule has 0 amide bonds. The van der Waals surface area contributed by atoms with Crippen molar-refractivity contribution in [2.45, 2.75) is 13.3 Å². The molecule has 0 radical (unpaired) electrons. The number of aromatic amines is 1. The summed E-state index contributed by atoms with van der Waals surface area (Å²) in [6, 6.07) is 10.8. The number of nitrogens with one attached hydrogen (secondary N) is 1. The molecule has 1 heterocycles. The Kier molecular flexibility index (Phi) is 2.63. The van der Waals surface area contributed by atoms with Crippen molar-refractivity contribution in [3.63, 3.8) is 0 Å². The topological polar surface area (TPSA) is 69.1 Å². The standard InChI is InChI=1S/C15H14N2O2/c1-2-9-3-5-11-12(7-9)17-15(16-11)10-4-6-13(18)14(19)8-10/h3-8,18-19H,2H2,1H3,(H,16,17). The number of nitrogens with zero attached hydrogens (tertiary/aromatic N) is 1. The van der Waals surface area contributed by atoms with E-state index in [9.17, 15) is 10.2 Å². The Labute approximate surface area is 110 Å². The molecule has 4 heteroatoms. The Morgan fingerprint density at radius 2 is 1.89 bits per heavy atom. The molecular weight excluding hydrogens is 240 g/mol. The minimum atomic E-state index is -0.146. The zero-order valence-electron chi connectivity index (χ0n) is 10.5. The Bertz CT molecular complexity index is 747. The van der Waals surface area contributed by atoms with E-state index in [0.717, 1.165) is 23.0 Å². The van der Waals surface area contributed by atoms with Crippen LogP contribution in [0.1, 0.15) is 12.5 Å². The van der Waals surface area contributed by atoms with Crippen LogP contribution in [0.15, 0.2) is 36.4 Å². The summed E-state index contributed by atoms with van der Waals surface area (Å²) in [6.45, 7) is 2.11. The molecule has 0 unspecified atom stereocenters. The molecule has 0 saturated heterocycles. The molecule has 0 fully saturated rings. The van der Waals surface area contributed by atoms with Gasteiger partial charge in [-0.05, 0) is 42.3 Å². The van der Waals surface area contributed by atoms with Crippen molar-refractivity contribution in [1.82, 2.24) is 9.97 Å². The number of fused-ring (bicyclic) bond motifs is 1. The van der Waals surface area contributed by atoms with Crippen LogP contribution in [0.3, 0.4) is 0 Å². The third-order valence-corrected chi connectivity index (χ3v) is 3.20. The highest BCUT2D eigenvalue weighted by Gasteiger charge is 2.08. The van der Waals surface area contributed by atoms with Crippen LogP contribution in [0.2, 0.25) is 0 Å². The number of hydrogen-bond acceptors (Lipinski definition) is 3. The molecule has 0 aliphatic rings. The Balaban J connectivity index is 2.11. The van der Waals surface area contributed by atoms with E-state index in [1.54, 1.807) is 6.07 Å². The van der Waals surface area contributed by atoms with Crippen LogP contribution in [-0.2, 0) is 6.42 Å². The van der Waals surface area contributed by atoms with Gasteiger partial charge in [0, 0.05) is 5.56 Å². The maximum atomic E-state index is 9.53. The van der Waals surface area contributed by atoms with Gasteiger partial charge in [0.05, 0.1) is 11.0 Å². The summed E-state index contributed by atoms with van der Waals surface area (Å²) in [5, 5.41) is 18.8. The maximum Gasteiger partial charge on any atom is 0.158 e. The number of aromatic hydroxyl groups is 2. The zero-order chi connectivity index (χ0) is 13.4. The molecule has 0 atom stereocenters. The Morgan fingerprint density at radius 3 is 2.63 bits per heavy atom. The molecule has 0 saturated carbocycles. The Hall–Kier alpha value is -2.49. The molecule has 96 valence electrons. The van der Waals surface area contributed by atoms with E-state index in [-0.39, 0.29) is 11.5 Å². The number of phenolic OH excluding ortho intramolecular Hbond substituents is 2. The SMILES string of the molecule is CCc1ccc2nc(-c3ccc(O)c(O)c3)[nH]c2c1. The first kappa shape index (κ1) is 11.6. The van der Waals surface area contributed by atoms with Gasteiger partial charge >= 0.3 is 0 Å². The second-order valence-electron chi connectivity index (χ2n) is 4.49. The largest absolute Gasteiger partial charge is 0.504 e. The number of phenols is 2. The summed E-state index contributed by atoms with van der Waals surface area (Å²) in [4.78, 5) is 7.71. The summed E-state index contributed by atoms with van der Waals surface area (Å²) in [5.74, 6) is 0.402. The second-order valence-corrected chi connectivity index (χ2v) is 4.49. The van der Waals surface area contributed by atoms with E-state index < -0.39 is 0 Å². The molecule has 0 aliphatic heterocycles. The number of benzene rings is 2. The van der Waals surface area contributed by atoms with Crippen LogP contribution in [0.4, 0.5) is 0 Å². The van der Waals surface area contributed by atoms with Crippen LogP contribution in [-0.4, -0.2) is 20.2 Å². The molecular formula is C15H14N2O2. The molecule has 2 aromatic carbocycles. The lowest BCUT2D eigenvalue weighted by atomic mass is 10.1. The van der Waals surface area contributed by atoms with E-state index in [1.807, 2.05) is 6.07 Å². The van der Waals surface area contributed by atoms with Crippen LogP contribution >= 0.6 is 0 Å². The van der Waals surface area contributed by atoms with Gasteiger partial charge in [-0.25, -0.2) is 4.98 Å². The van der Waals surface area contributed by atoms with E-state index in [4.69, 9.17) is 0 Å². The van der Waals surface area contributed by atoms with Crippen molar-refractivity contribution in [3.8, 4) is 22.9 Å². The number of H-pyrrole nitrogens is 1. The van der Waals surface area contributed by atoms with Gasteiger partial charge in [0.25, 0.3) is 0 Å². The lowest BCUT2D eigenvalue weighted by molar-refractivity contribution is 0.404. The van der Waals surface area contributed by atoms with Crippen molar-refractivity contribution >= 4 is 11.0 Å². The van der Waals surface area contributed by atoms with Crippen molar-refractivity contribution < 1.29 is 10.2 Å². The first-order chi connectivity index (χ1) is 9.17. The number of rotatable bonds is 2. The maximum absolute atomic E-state index is 9.53. The third-order valence-electron chi connectivity index (χ3n) is 3.20. The van der Waals surface area contributed by atoms with E-state index >= 15 is 0 Å². The third kappa shape index (κ3) is 2.01. The number of imidazole rings is 1. The first-order valence-electron chi connectivity index (χ1n) is 6.18. The molecule has 1 aromatic heterocycles. The van der Waals surface area contributed by atoms with Crippen molar-refractivity contribution in [3.05, 3.63) is 42.0 Å². The molecule has 3 aromatic rings. The summed E-state index contributed by atoms with van der Waals surface area (Å²) >= 11 is 0. The molecule has 4 nitrogen and oxygen atoms in total. The molecule has 19 heavy (non-hydrogen) atoms. The summed E-state index contributed by atoms with van der Waals surface area (Å²) in [5.41, 5.74) is 3.85. The van der Waals surface area contributed by atoms with Gasteiger partial charge in [0.15, 0.2) is 11.5 Å².